The largest absolute Gasteiger partial charge is 0.0617 e. The first-order valence-corrected chi connectivity index (χ1v) is 16.3. The Labute approximate surface area is 310 Å². The van der Waals surface area contributed by atoms with Crippen molar-refractivity contribution in [1.29, 1.82) is 0 Å². The molecule has 0 bridgehead atoms. The second-order valence-electron chi connectivity index (χ2n) is 14.5. The average Bonchev–Trinajstić information content (AvgIpc) is 3.01. The summed E-state index contributed by atoms with van der Waals surface area (Å²) in [4.78, 5) is 0. The molecule has 46 heavy (non-hydrogen) atoms. The van der Waals surface area contributed by atoms with Crippen LogP contribution in [0.4, 0.5) is 0 Å². The summed E-state index contributed by atoms with van der Waals surface area (Å²) in [5.41, 5.74) is 7.32. The molecular weight excluding hydrogens is 553 g/mol. The van der Waals surface area contributed by atoms with Gasteiger partial charge in [-0.1, -0.05) is 160 Å². The highest BCUT2D eigenvalue weighted by molar-refractivity contribution is 5.44. The predicted molar refractivity (Wildman–Crippen MR) is 211 cm³/mol. The fraction of sp³-hybridized carbons (Fsp3) is 0.609. The number of hydrogen-bond acceptors (Lipinski definition) is 0. The van der Waals surface area contributed by atoms with E-state index in [4.69, 9.17) is 21.9 Å². The third kappa shape index (κ3) is 11.4. The summed E-state index contributed by atoms with van der Waals surface area (Å²) < 4.78 is 127. The second-order valence-corrected chi connectivity index (χ2v) is 14.5. The van der Waals surface area contributed by atoms with Gasteiger partial charge in [-0.2, -0.15) is 0 Å². The van der Waals surface area contributed by atoms with E-state index >= 15 is 0 Å². The summed E-state index contributed by atoms with van der Waals surface area (Å²) in [6.07, 6.45) is 0. The quantitative estimate of drug-likeness (QED) is 0.240. The molecule has 0 saturated heterocycles. The Morgan fingerprint density at radius 3 is 1.07 bits per heavy atom. The maximum Gasteiger partial charge on any atom is 0.0347 e. The summed E-state index contributed by atoms with van der Waals surface area (Å²) in [6.45, 7) is 22.6. The van der Waals surface area contributed by atoms with Crippen molar-refractivity contribution in [1.82, 2.24) is 0 Å². The molecule has 3 aromatic rings. The molecule has 0 heteroatoms. The molecule has 0 aromatic heterocycles. The molecular formula is C46H74. The lowest BCUT2D eigenvalue weighted by Gasteiger charge is -2.25. The van der Waals surface area contributed by atoms with Gasteiger partial charge in [-0.15, -0.1) is 0 Å². The molecule has 3 aromatic carbocycles. The fourth-order valence-corrected chi connectivity index (χ4v) is 5.55. The van der Waals surface area contributed by atoms with Gasteiger partial charge in [0.25, 0.3) is 0 Å². The topological polar surface area (TPSA) is 0 Å². The number of hydrogen-bond donors (Lipinski definition) is 0. The van der Waals surface area contributed by atoms with Gasteiger partial charge in [0.05, 0.1) is 0 Å². The second kappa shape index (κ2) is 17.7. The molecule has 0 aliphatic carbocycles. The Kier molecular flexibility index (Phi) is 8.59. The van der Waals surface area contributed by atoms with E-state index in [-0.39, 0.29) is 16.5 Å². The Morgan fingerprint density at radius 2 is 0.761 bits per heavy atom. The van der Waals surface area contributed by atoms with Crippen molar-refractivity contribution in [2.75, 3.05) is 0 Å². The zero-order chi connectivity index (χ0) is 49.8. The summed E-state index contributed by atoms with van der Waals surface area (Å²) in [7, 11) is 0. The molecule has 3 atom stereocenters. The Balaban J connectivity index is 0.000000473. The molecule has 3 rings (SSSR count). The zero-order valence-electron chi connectivity index (χ0n) is 48.0. The first kappa shape index (κ1) is 22.3. The van der Waals surface area contributed by atoms with Gasteiger partial charge in [-0.25, -0.2) is 0 Å². The van der Waals surface area contributed by atoms with Crippen LogP contribution in [0.1, 0.15) is 242 Å². The minimum Gasteiger partial charge on any atom is -0.0617 e. The lowest BCUT2D eigenvalue weighted by atomic mass is 9.80. The average molecular weight is 643 g/mol. The first-order valence-electron chi connectivity index (χ1n) is 24.3. The van der Waals surface area contributed by atoms with Crippen LogP contribution in [-0.4, -0.2) is 0 Å². The summed E-state index contributed by atoms with van der Waals surface area (Å²) in [6, 6.07) is 12.5. The van der Waals surface area contributed by atoms with Gasteiger partial charge in [0.15, 0.2) is 0 Å². The summed E-state index contributed by atoms with van der Waals surface area (Å²) in [5.74, 6) is -8.83. The molecule has 0 heterocycles. The van der Waals surface area contributed by atoms with Crippen LogP contribution in [0.2, 0.25) is 0 Å². The maximum atomic E-state index is 8.39. The summed E-state index contributed by atoms with van der Waals surface area (Å²) in [5, 5.41) is 0. The molecule has 0 radical (unpaired) electrons. The third-order valence-electron chi connectivity index (χ3n) is 8.42. The number of benzene rings is 3. The van der Waals surface area contributed by atoms with E-state index in [9.17, 15) is 0 Å². The lowest BCUT2D eigenvalue weighted by Crippen LogP contribution is -2.14. The molecule has 3 unspecified atom stereocenters. The van der Waals surface area contributed by atoms with Gasteiger partial charge in [0, 0.05) is 21.9 Å². The van der Waals surface area contributed by atoms with Crippen molar-refractivity contribution < 1.29 is 21.9 Å². The van der Waals surface area contributed by atoms with Crippen molar-refractivity contribution in [3.63, 3.8) is 0 Å². The van der Waals surface area contributed by atoms with Crippen LogP contribution in [0.3, 0.4) is 0 Å². The van der Waals surface area contributed by atoms with Gasteiger partial charge < -0.3 is 0 Å². The van der Waals surface area contributed by atoms with Crippen LogP contribution < -0.4 is 0 Å². The smallest absolute Gasteiger partial charge is 0.0347 e. The summed E-state index contributed by atoms with van der Waals surface area (Å²) >= 11 is 0. The molecule has 0 amide bonds. The van der Waals surface area contributed by atoms with Gasteiger partial charge >= 0.3 is 0 Å². The molecule has 0 aliphatic rings. The van der Waals surface area contributed by atoms with Gasteiger partial charge in [0.1, 0.15) is 0 Å². The highest BCUT2D eigenvalue weighted by Gasteiger charge is 2.19. The van der Waals surface area contributed by atoms with E-state index in [0.717, 1.165) is 27.8 Å². The van der Waals surface area contributed by atoms with Crippen LogP contribution in [0.5, 0.6) is 0 Å². The third-order valence-corrected chi connectivity index (χ3v) is 8.42. The minimum atomic E-state index is -2.64. The van der Waals surface area contributed by atoms with Crippen LogP contribution in [-0.2, 0) is 5.41 Å². The van der Waals surface area contributed by atoms with Crippen LogP contribution in [0, 0.1) is 20.8 Å². The van der Waals surface area contributed by atoms with Crippen molar-refractivity contribution in [2.45, 2.75) is 185 Å². The van der Waals surface area contributed by atoms with E-state index in [0.29, 0.717) is 16.7 Å². The minimum absolute atomic E-state index is 0.0354. The normalized spacial score (nSPS) is 22.6. The van der Waals surface area contributed by atoms with E-state index in [1.54, 1.807) is 53.7 Å². The van der Waals surface area contributed by atoms with Gasteiger partial charge in [-0.05, 0) is 129 Å². The monoisotopic (exact) mass is 643 g/mol. The molecule has 258 valence electrons. The maximum absolute atomic E-state index is 8.39. The van der Waals surface area contributed by atoms with E-state index < -0.39 is 61.8 Å². The Hall–Kier alpha value is -2.34. The molecule has 0 spiro atoms. The van der Waals surface area contributed by atoms with Crippen LogP contribution in [0.15, 0.2) is 42.5 Å². The molecule has 0 saturated carbocycles. The van der Waals surface area contributed by atoms with Crippen molar-refractivity contribution >= 4 is 0 Å². The van der Waals surface area contributed by atoms with Gasteiger partial charge in [0.2, 0.25) is 0 Å². The zero-order valence-corrected chi connectivity index (χ0v) is 32.0. The molecule has 0 N–H and O–H groups in total. The van der Waals surface area contributed by atoms with Crippen molar-refractivity contribution in [2.24, 2.45) is 0 Å². The fourth-order valence-electron chi connectivity index (χ4n) is 5.55. The SMILES string of the molecule is [2H]C(C)(C)c1cc(C(C)(C)C)cc(C([2H])(C)C)c1C.[2H]C(C)(C)c1cc(C([2H])(C)C([2H])([2H])[2H])c(C)c(C([2H])(C)C([2H])([2H])[2H])c1.[2H]C(C)(C)c1cccc(C([2H])(C)C([2H])([2H])[2H])c1C. The van der Waals surface area contributed by atoms with Crippen LogP contribution >= 0.6 is 0 Å². The molecule has 0 aliphatic heterocycles. The van der Waals surface area contributed by atoms with E-state index in [1.165, 1.54) is 38.5 Å². The van der Waals surface area contributed by atoms with Crippen LogP contribution in [0.25, 0.3) is 0 Å². The first-order chi connectivity index (χ1) is 26.9. The molecule has 0 nitrogen and oxygen atoms in total. The highest BCUT2D eigenvalue weighted by atomic mass is 14.2. The Morgan fingerprint density at radius 1 is 0.457 bits per heavy atom. The highest BCUT2D eigenvalue weighted by Crippen LogP contribution is 2.34. The lowest BCUT2D eigenvalue weighted by molar-refractivity contribution is 0.586. The number of rotatable bonds is 7. The predicted octanol–water partition coefficient (Wildman–Crippen LogP) is 15.1. The molecule has 0 fully saturated rings. The van der Waals surface area contributed by atoms with Crippen molar-refractivity contribution in [3.8, 4) is 0 Å². The van der Waals surface area contributed by atoms with Crippen molar-refractivity contribution in [3.05, 3.63) is 104 Å². The Bertz CT molecular complexity index is 1930. The standard InChI is InChI=1S/C17H28.C16H26.C13H20/c1-11(2)15-9-14(17(6,7)8)10-16(12(3)4)13(15)5;1-10(2)14-8-15(11(3)4)13(7)16(9-14)12(5)6;1-9(2)12-7-6-8-13(10(3)4)11(12)5/h9-12H,1-8H3;8-12H,1-7H3;6-10H,1-5H3/i11D,12D;3D3,5D3,10D,11D,12D;1D3,9D,10D. The van der Waals surface area contributed by atoms with E-state index in [1.807, 2.05) is 40.7 Å². The van der Waals surface area contributed by atoms with E-state index in [2.05, 4.69) is 32.9 Å². The van der Waals surface area contributed by atoms with Gasteiger partial charge in [-0.3, -0.25) is 0 Å².